The molecule has 0 spiro atoms. The topological polar surface area (TPSA) is 147 Å². The average molecular weight is 313 g/mol. The van der Waals surface area contributed by atoms with Gasteiger partial charge in [0.05, 0.1) is 0 Å². The second-order valence-electron chi connectivity index (χ2n) is 4.21. The van der Waals surface area contributed by atoms with E-state index in [4.69, 9.17) is 19.6 Å². The van der Waals surface area contributed by atoms with Crippen LogP contribution >= 0.6 is 15.2 Å². The first-order valence-corrected chi connectivity index (χ1v) is 8.37. The Bertz CT molecular complexity index is 339. The van der Waals surface area contributed by atoms with Gasteiger partial charge in [0.1, 0.15) is 0 Å². The van der Waals surface area contributed by atoms with E-state index in [1.807, 2.05) is 0 Å². The summed E-state index contributed by atoms with van der Waals surface area (Å²) in [4.78, 5) is 35.8. The van der Waals surface area contributed by atoms with Gasteiger partial charge in [-0.2, -0.15) is 0 Å². The first-order valence-electron chi connectivity index (χ1n) is 5.15. The molecule has 8 nitrogen and oxygen atoms in total. The normalized spacial score (nSPS) is 22.4. The summed E-state index contributed by atoms with van der Waals surface area (Å²) in [5.74, 6) is 0. The number of hydrogen-bond donors (Lipinski definition) is 6. The zero-order valence-corrected chi connectivity index (χ0v) is 10.8. The monoisotopic (exact) mass is 313 g/mol. The van der Waals surface area contributed by atoms with Crippen molar-refractivity contribution in [2.75, 3.05) is 6.54 Å². The molecule has 0 aliphatic carbocycles. The van der Waals surface area contributed by atoms with Crippen molar-refractivity contribution >= 4 is 44.7 Å². The van der Waals surface area contributed by atoms with Crippen LogP contribution in [0.25, 0.3) is 0 Å². The summed E-state index contributed by atoms with van der Waals surface area (Å²) < 4.78 is 22.2. The standard InChI is InChI=1S/C7H17NO7P2.Na.H/c9-7(16(10,11)12,17(13,14)15)5-6-3-1-2-4-8-6;;/h6,8-9H,1-5H2,(H2,10,11,12)(H2,13,14,15);;. The van der Waals surface area contributed by atoms with Gasteiger partial charge in [0, 0.05) is 12.5 Å². The van der Waals surface area contributed by atoms with E-state index in [-0.39, 0.29) is 29.6 Å². The summed E-state index contributed by atoms with van der Waals surface area (Å²) in [6.45, 7) is 0.600. The SMILES string of the molecule is O=P(O)(O)C(O)(CC1CCCCN1)P(=O)(O)O.[NaH]. The molecule has 0 saturated carbocycles. The number of hydrogen-bond acceptors (Lipinski definition) is 4. The van der Waals surface area contributed by atoms with Crippen molar-refractivity contribution < 1.29 is 33.8 Å². The van der Waals surface area contributed by atoms with Crippen LogP contribution in [0.1, 0.15) is 25.7 Å². The third-order valence-corrected chi connectivity index (χ3v) is 6.66. The molecular formula is C7H18NNaO7P2. The van der Waals surface area contributed by atoms with Crippen LogP contribution in [0.3, 0.4) is 0 Å². The molecule has 104 valence electrons. The van der Waals surface area contributed by atoms with Gasteiger partial charge in [-0.25, -0.2) is 0 Å². The van der Waals surface area contributed by atoms with Gasteiger partial charge in [-0.15, -0.1) is 0 Å². The molecule has 1 rings (SSSR count). The summed E-state index contributed by atoms with van der Waals surface area (Å²) in [5.41, 5.74) is 0. The van der Waals surface area contributed by atoms with Crippen molar-refractivity contribution in [3.63, 3.8) is 0 Å². The van der Waals surface area contributed by atoms with Crippen LogP contribution in [0.4, 0.5) is 0 Å². The summed E-state index contributed by atoms with van der Waals surface area (Å²) >= 11 is 0. The number of rotatable bonds is 4. The van der Waals surface area contributed by atoms with Crippen molar-refractivity contribution in [3.05, 3.63) is 0 Å². The van der Waals surface area contributed by atoms with Gasteiger partial charge in [0.25, 0.3) is 5.08 Å². The number of piperidine rings is 1. The fourth-order valence-corrected chi connectivity index (χ4v) is 4.11. The molecule has 1 heterocycles. The maximum absolute atomic E-state index is 11.1. The Labute approximate surface area is 127 Å². The van der Waals surface area contributed by atoms with E-state index in [2.05, 4.69) is 5.32 Å². The molecule has 11 heteroatoms. The first kappa shape index (κ1) is 19.2. The van der Waals surface area contributed by atoms with E-state index in [1.165, 1.54) is 0 Å². The molecule has 0 bridgehead atoms. The molecule has 0 aromatic rings. The first-order chi connectivity index (χ1) is 7.58. The van der Waals surface area contributed by atoms with E-state index in [9.17, 15) is 14.2 Å². The summed E-state index contributed by atoms with van der Waals surface area (Å²) in [6.07, 6.45) is 1.53. The van der Waals surface area contributed by atoms with Crippen molar-refractivity contribution in [1.29, 1.82) is 0 Å². The molecule has 1 aliphatic heterocycles. The molecule has 18 heavy (non-hydrogen) atoms. The summed E-state index contributed by atoms with van der Waals surface area (Å²) in [6, 6.07) is -0.506. The quantitative estimate of drug-likeness (QED) is 0.282. The van der Waals surface area contributed by atoms with Crippen LogP contribution in [0, 0.1) is 0 Å². The molecule has 0 amide bonds. The molecule has 1 aliphatic rings. The third-order valence-electron chi connectivity index (χ3n) is 2.87. The Hall–Kier alpha value is 1.22. The van der Waals surface area contributed by atoms with Crippen molar-refractivity contribution in [1.82, 2.24) is 5.32 Å². The molecule has 1 fully saturated rings. The van der Waals surface area contributed by atoms with Crippen LogP contribution in [0.5, 0.6) is 0 Å². The van der Waals surface area contributed by atoms with Gasteiger partial charge in [-0.3, -0.25) is 9.13 Å². The van der Waals surface area contributed by atoms with Gasteiger partial charge in [-0.05, 0) is 19.4 Å². The minimum atomic E-state index is -5.32. The van der Waals surface area contributed by atoms with Crippen LogP contribution in [0.15, 0.2) is 0 Å². The molecule has 1 saturated heterocycles. The van der Waals surface area contributed by atoms with Gasteiger partial charge in [0.2, 0.25) is 0 Å². The number of nitrogens with one attached hydrogen (secondary N) is 1. The Morgan fingerprint density at radius 3 is 1.94 bits per heavy atom. The summed E-state index contributed by atoms with van der Waals surface area (Å²) in [5, 5.41) is 9.25. The van der Waals surface area contributed by atoms with Crippen LogP contribution in [-0.2, 0) is 9.13 Å². The fourth-order valence-electron chi connectivity index (χ4n) is 1.84. The molecule has 0 radical (unpaired) electrons. The number of aliphatic hydroxyl groups is 1. The van der Waals surface area contributed by atoms with Crippen LogP contribution < -0.4 is 5.32 Å². The van der Waals surface area contributed by atoms with Crippen LogP contribution in [-0.4, -0.2) is 71.9 Å². The summed E-state index contributed by atoms with van der Waals surface area (Å²) in [7, 11) is -10.6. The van der Waals surface area contributed by atoms with E-state index in [1.54, 1.807) is 0 Å². The maximum atomic E-state index is 11.1. The average Bonchev–Trinajstić information content (AvgIpc) is 2.15. The Morgan fingerprint density at radius 2 is 1.61 bits per heavy atom. The second kappa shape index (κ2) is 6.78. The fraction of sp³-hybridized carbons (Fsp3) is 1.00. The Kier molecular flexibility index (Phi) is 7.24. The van der Waals surface area contributed by atoms with Crippen LogP contribution in [0.2, 0.25) is 0 Å². The molecule has 1 atom stereocenters. The van der Waals surface area contributed by atoms with Gasteiger partial charge >= 0.3 is 44.7 Å². The van der Waals surface area contributed by atoms with E-state index in [0.29, 0.717) is 13.0 Å². The predicted molar refractivity (Wildman–Crippen MR) is 66.4 cm³/mol. The minimum absolute atomic E-state index is 0. The van der Waals surface area contributed by atoms with Crippen molar-refractivity contribution in [2.45, 2.75) is 36.8 Å². The molecular weight excluding hydrogens is 295 g/mol. The third kappa shape index (κ3) is 4.36. The molecule has 0 aromatic carbocycles. The zero-order valence-electron chi connectivity index (χ0n) is 9.06. The van der Waals surface area contributed by atoms with Gasteiger partial charge in [-0.1, -0.05) is 6.42 Å². The van der Waals surface area contributed by atoms with E-state index in [0.717, 1.165) is 12.8 Å². The van der Waals surface area contributed by atoms with E-state index < -0.39 is 32.7 Å². The second-order valence-corrected chi connectivity index (χ2v) is 8.22. The molecule has 1 unspecified atom stereocenters. The molecule has 6 N–H and O–H groups in total. The Balaban J connectivity index is 0.00000289. The Morgan fingerprint density at radius 1 is 1.11 bits per heavy atom. The molecule has 0 aromatic heterocycles. The van der Waals surface area contributed by atoms with E-state index >= 15 is 0 Å². The predicted octanol–water partition coefficient (Wildman–Crippen LogP) is -1.13. The van der Waals surface area contributed by atoms with Crippen molar-refractivity contribution in [3.8, 4) is 0 Å². The van der Waals surface area contributed by atoms with Gasteiger partial charge in [0.15, 0.2) is 0 Å². The zero-order chi connectivity index (χ0) is 13.3. The van der Waals surface area contributed by atoms with Crippen molar-refractivity contribution in [2.24, 2.45) is 0 Å². The van der Waals surface area contributed by atoms with Gasteiger partial charge < -0.3 is 30.0 Å².